The quantitative estimate of drug-likeness (QED) is 0.562. The summed E-state index contributed by atoms with van der Waals surface area (Å²) >= 11 is 2.90. The van der Waals surface area contributed by atoms with Gasteiger partial charge in [-0.25, -0.2) is 4.79 Å². The predicted molar refractivity (Wildman–Crippen MR) is 92.1 cm³/mol. The van der Waals surface area contributed by atoms with Gasteiger partial charge in [-0.05, 0) is 17.9 Å². The molecule has 120 valence electrons. The molecular weight excluding hydrogens is 334 g/mol. The number of nitrogens with zero attached hydrogens (tertiary/aromatic N) is 4. The number of nitrogens with one attached hydrogen (secondary N) is 1. The van der Waals surface area contributed by atoms with Crippen LogP contribution in [0, 0.1) is 0 Å². The summed E-state index contributed by atoms with van der Waals surface area (Å²) in [5, 5.41) is 11.0. The van der Waals surface area contributed by atoms with E-state index in [1.54, 1.807) is 18.8 Å². The summed E-state index contributed by atoms with van der Waals surface area (Å²) in [5.74, 6) is 0.598. The minimum absolute atomic E-state index is 0.0595. The molecule has 0 aliphatic carbocycles. The molecule has 1 aromatic carbocycles. The average molecular weight is 349 g/mol. The van der Waals surface area contributed by atoms with Crippen LogP contribution in [0.2, 0.25) is 0 Å². The van der Waals surface area contributed by atoms with Crippen LogP contribution >= 0.6 is 23.1 Å². The fraction of sp³-hybridized carbons (Fsp3) is 0.286. The van der Waals surface area contributed by atoms with Gasteiger partial charge in [-0.15, -0.1) is 10.2 Å². The van der Waals surface area contributed by atoms with Crippen LogP contribution in [0.3, 0.4) is 0 Å². The third-order valence-corrected chi connectivity index (χ3v) is 5.13. The summed E-state index contributed by atoms with van der Waals surface area (Å²) in [4.78, 5) is 24.5. The molecule has 9 heteroatoms. The van der Waals surface area contributed by atoms with E-state index in [2.05, 4.69) is 15.5 Å². The van der Waals surface area contributed by atoms with Crippen molar-refractivity contribution in [3.05, 3.63) is 34.7 Å². The molecule has 23 heavy (non-hydrogen) atoms. The van der Waals surface area contributed by atoms with Crippen molar-refractivity contribution in [2.24, 2.45) is 7.05 Å². The number of carbonyl (C=O) groups is 1. The minimum atomic E-state index is -0.298. The minimum Gasteiger partial charge on any atom is -0.299 e. The molecule has 0 radical (unpaired) electrons. The van der Waals surface area contributed by atoms with Gasteiger partial charge in [0, 0.05) is 7.05 Å². The fourth-order valence-corrected chi connectivity index (χ4v) is 3.93. The lowest BCUT2D eigenvalue weighted by molar-refractivity contribution is -0.116. The number of benzene rings is 1. The van der Waals surface area contributed by atoms with E-state index in [0.717, 1.165) is 21.1 Å². The molecule has 0 aliphatic heterocycles. The predicted octanol–water partition coefficient (Wildman–Crippen LogP) is 1.94. The van der Waals surface area contributed by atoms with E-state index in [9.17, 15) is 9.59 Å². The zero-order valence-electron chi connectivity index (χ0n) is 12.6. The van der Waals surface area contributed by atoms with Crippen LogP contribution < -0.4 is 11.0 Å². The van der Waals surface area contributed by atoms with E-state index in [1.165, 1.54) is 20.5 Å². The van der Waals surface area contributed by atoms with Gasteiger partial charge in [0.2, 0.25) is 11.0 Å². The van der Waals surface area contributed by atoms with E-state index in [4.69, 9.17) is 0 Å². The lowest BCUT2D eigenvalue weighted by Gasteiger charge is -2.02. The van der Waals surface area contributed by atoms with Crippen molar-refractivity contribution < 1.29 is 4.79 Å². The van der Waals surface area contributed by atoms with Crippen molar-refractivity contribution in [1.29, 1.82) is 0 Å². The van der Waals surface area contributed by atoms with Crippen molar-refractivity contribution in [1.82, 2.24) is 19.3 Å². The summed E-state index contributed by atoms with van der Waals surface area (Å²) in [6.07, 6.45) is 0. The highest BCUT2D eigenvalue weighted by molar-refractivity contribution is 8.01. The monoisotopic (exact) mass is 349 g/mol. The Kier molecular flexibility index (Phi) is 4.49. The molecule has 0 saturated carbocycles. The van der Waals surface area contributed by atoms with E-state index in [0.29, 0.717) is 5.13 Å². The largest absolute Gasteiger partial charge is 0.329 e. The van der Waals surface area contributed by atoms with Crippen molar-refractivity contribution in [3.63, 3.8) is 0 Å². The lowest BCUT2D eigenvalue weighted by atomic mass is 10.3. The smallest absolute Gasteiger partial charge is 0.299 e. The van der Waals surface area contributed by atoms with Crippen molar-refractivity contribution >= 4 is 45.2 Å². The van der Waals surface area contributed by atoms with Crippen LogP contribution in [-0.2, 0) is 18.4 Å². The number of hydrogen-bond acceptors (Lipinski definition) is 6. The topological polar surface area (TPSA) is 81.8 Å². The Hall–Kier alpha value is -2.13. The van der Waals surface area contributed by atoms with Gasteiger partial charge in [-0.2, -0.15) is 0 Å². The van der Waals surface area contributed by atoms with Crippen molar-refractivity contribution in [2.75, 3.05) is 11.1 Å². The maximum Gasteiger partial charge on any atom is 0.329 e. The summed E-state index contributed by atoms with van der Waals surface area (Å²) in [7, 11) is 1.69. The van der Waals surface area contributed by atoms with Gasteiger partial charge < -0.3 is 0 Å². The number of imidazole rings is 1. The molecule has 1 amide bonds. The second kappa shape index (κ2) is 6.55. The summed E-state index contributed by atoms with van der Waals surface area (Å²) in [5.41, 5.74) is 1.30. The number of aryl methyl sites for hydroxylation is 1. The maximum atomic E-state index is 12.3. The van der Waals surface area contributed by atoms with Gasteiger partial charge in [0.1, 0.15) is 6.54 Å². The number of carbonyl (C=O) groups excluding carboxylic acids is 1. The molecule has 2 heterocycles. The third kappa shape index (κ3) is 3.15. The second-order valence-corrected chi connectivity index (χ2v) is 7.26. The molecular formula is C14H15N5O2S2. The van der Waals surface area contributed by atoms with Gasteiger partial charge >= 0.3 is 5.69 Å². The van der Waals surface area contributed by atoms with Gasteiger partial charge in [0.25, 0.3) is 0 Å². The fourth-order valence-electron chi connectivity index (χ4n) is 2.26. The Labute approximate surface area is 140 Å². The number of thioether (sulfide) groups is 1. The first-order valence-electron chi connectivity index (χ1n) is 7.00. The number of rotatable bonds is 5. The Morgan fingerprint density at radius 1 is 1.30 bits per heavy atom. The van der Waals surface area contributed by atoms with Crippen molar-refractivity contribution in [2.45, 2.75) is 17.8 Å². The Bertz CT molecular complexity index is 911. The van der Waals surface area contributed by atoms with Crippen LogP contribution in [0.5, 0.6) is 0 Å². The number of fused-ring (bicyclic) bond motifs is 1. The maximum absolute atomic E-state index is 12.3. The van der Waals surface area contributed by atoms with Crippen LogP contribution in [0.25, 0.3) is 11.0 Å². The van der Waals surface area contributed by atoms with Crippen LogP contribution in [0.15, 0.2) is 33.4 Å². The molecule has 0 aliphatic rings. The van der Waals surface area contributed by atoms with Crippen LogP contribution in [0.4, 0.5) is 5.13 Å². The molecule has 0 atom stereocenters. The lowest BCUT2D eigenvalue weighted by Crippen LogP contribution is -2.28. The van der Waals surface area contributed by atoms with E-state index >= 15 is 0 Å². The highest BCUT2D eigenvalue weighted by atomic mass is 32.2. The molecule has 0 saturated heterocycles. The van der Waals surface area contributed by atoms with Gasteiger partial charge in [0.05, 0.1) is 11.0 Å². The number of para-hydroxylation sites is 2. The molecule has 2 aromatic heterocycles. The second-order valence-electron chi connectivity index (χ2n) is 4.77. The number of aromatic nitrogens is 4. The Morgan fingerprint density at radius 2 is 2.04 bits per heavy atom. The number of hydrogen-bond donors (Lipinski definition) is 1. The van der Waals surface area contributed by atoms with Gasteiger partial charge in [0.15, 0.2) is 4.34 Å². The molecule has 0 fully saturated rings. The highest BCUT2D eigenvalue weighted by Crippen LogP contribution is 2.24. The molecule has 0 unspecified atom stereocenters. The summed E-state index contributed by atoms with van der Waals surface area (Å²) in [6, 6.07) is 7.38. The van der Waals surface area contributed by atoms with Crippen molar-refractivity contribution in [3.8, 4) is 0 Å². The molecule has 1 N–H and O–H groups in total. The Morgan fingerprint density at radius 3 is 2.78 bits per heavy atom. The average Bonchev–Trinajstić information content (AvgIpc) is 3.07. The third-order valence-electron chi connectivity index (χ3n) is 3.27. The number of amides is 1. The molecule has 0 bridgehead atoms. The van der Waals surface area contributed by atoms with E-state index in [1.807, 2.05) is 31.2 Å². The molecule has 7 nitrogen and oxygen atoms in total. The first kappa shape index (κ1) is 15.8. The first-order chi connectivity index (χ1) is 11.1. The van der Waals surface area contributed by atoms with Crippen LogP contribution in [-0.4, -0.2) is 31.0 Å². The summed E-state index contributed by atoms with van der Waals surface area (Å²) in [6.45, 7) is 1.97. The Balaban J connectivity index is 1.80. The number of anilines is 1. The first-order valence-corrected chi connectivity index (χ1v) is 8.80. The normalized spacial score (nSPS) is 11.0. The zero-order valence-corrected chi connectivity index (χ0v) is 14.3. The highest BCUT2D eigenvalue weighted by Gasteiger charge is 2.14. The molecule has 3 rings (SSSR count). The van der Waals surface area contributed by atoms with E-state index < -0.39 is 0 Å². The standard InChI is InChI=1S/C14H15N5O2S2/c1-3-22-13-17-16-12(23-13)15-11(20)8-19-10-7-5-4-6-9(10)18(2)14(19)21/h4-7H,3,8H2,1-2H3,(H,15,16,20). The van der Waals surface area contributed by atoms with Gasteiger partial charge in [-0.3, -0.25) is 19.2 Å². The SMILES string of the molecule is CCSc1nnc(NC(=O)Cn2c(=O)n(C)c3ccccc32)s1. The zero-order chi connectivity index (χ0) is 16.4. The van der Waals surface area contributed by atoms with E-state index in [-0.39, 0.29) is 18.1 Å². The van der Waals surface area contributed by atoms with Gasteiger partial charge in [-0.1, -0.05) is 42.2 Å². The van der Waals surface area contributed by atoms with Crippen LogP contribution in [0.1, 0.15) is 6.92 Å². The molecule has 0 spiro atoms. The molecule has 3 aromatic rings. The summed E-state index contributed by atoms with van der Waals surface area (Å²) < 4.78 is 3.79.